The largest absolute Gasteiger partial charge is 0.329 e. The van der Waals surface area contributed by atoms with Crippen molar-refractivity contribution in [2.24, 2.45) is 5.73 Å². The number of anilines is 1. The van der Waals surface area contributed by atoms with Crippen LogP contribution in [-0.4, -0.2) is 38.7 Å². The van der Waals surface area contributed by atoms with Gasteiger partial charge in [-0.1, -0.05) is 48.5 Å². The Kier molecular flexibility index (Phi) is 6.35. The summed E-state index contributed by atoms with van der Waals surface area (Å²) >= 11 is 0. The lowest BCUT2D eigenvalue weighted by Gasteiger charge is -2.30. The Morgan fingerprint density at radius 2 is 1.84 bits per heavy atom. The van der Waals surface area contributed by atoms with Crippen LogP contribution < -0.4 is 11.1 Å². The van der Waals surface area contributed by atoms with Crippen LogP contribution >= 0.6 is 0 Å². The number of rotatable bonds is 7. The first-order valence-corrected chi connectivity index (χ1v) is 10.2. The maximum atomic E-state index is 13.0. The van der Waals surface area contributed by atoms with Crippen molar-refractivity contribution in [2.75, 3.05) is 11.9 Å². The number of hydrogen-bond donors (Lipinski definition) is 2. The second-order valence-corrected chi connectivity index (χ2v) is 7.48. The van der Waals surface area contributed by atoms with Crippen molar-refractivity contribution in [3.8, 4) is 0 Å². The molecule has 1 amide bonds. The number of ketones is 1. The molecule has 3 aromatic rings. The summed E-state index contributed by atoms with van der Waals surface area (Å²) in [6, 6.07) is 16.5. The predicted octanol–water partition coefficient (Wildman–Crippen LogP) is 2.34. The van der Waals surface area contributed by atoms with E-state index in [1.165, 1.54) is 6.08 Å². The summed E-state index contributed by atoms with van der Waals surface area (Å²) in [5, 5.41) is 2.85. The highest BCUT2D eigenvalue weighted by Gasteiger charge is 2.34. The Morgan fingerprint density at radius 3 is 2.58 bits per heavy atom. The quantitative estimate of drug-likeness (QED) is 0.578. The molecule has 158 valence electrons. The van der Waals surface area contributed by atoms with Crippen molar-refractivity contribution in [1.82, 2.24) is 14.5 Å². The van der Waals surface area contributed by atoms with Gasteiger partial charge in [0.15, 0.2) is 11.8 Å². The van der Waals surface area contributed by atoms with Crippen LogP contribution in [0.3, 0.4) is 0 Å². The van der Waals surface area contributed by atoms with Gasteiger partial charge in [0.25, 0.3) is 0 Å². The maximum Gasteiger partial charge on any atom is 0.249 e. The highest BCUT2D eigenvalue weighted by atomic mass is 16.2. The number of carbonyl (C=O) groups excluding carboxylic acids is 2. The van der Waals surface area contributed by atoms with Crippen molar-refractivity contribution in [3.63, 3.8) is 0 Å². The average molecular weight is 415 g/mol. The van der Waals surface area contributed by atoms with Gasteiger partial charge in [-0.2, -0.15) is 0 Å². The molecular formula is C24H25N5O2. The molecule has 1 atom stereocenters. The zero-order valence-corrected chi connectivity index (χ0v) is 17.1. The third kappa shape index (κ3) is 4.96. The highest BCUT2D eigenvalue weighted by molar-refractivity contribution is 6.15. The smallest absolute Gasteiger partial charge is 0.249 e. The van der Waals surface area contributed by atoms with Crippen LogP contribution in [0.2, 0.25) is 0 Å². The van der Waals surface area contributed by atoms with E-state index in [9.17, 15) is 9.59 Å². The molecule has 0 aliphatic carbocycles. The molecule has 0 bridgehead atoms. The molecule has 7 heteroatoms. The minimum absolute atomic E-state index is 0.233. The SMILES string of the molecule is NCc1ccc(NC(=O)C2C(=O)C=CCN2Cc2nccn2Cc2ccccc2)cc1. The molecule has 31 heavy (non-hydrogen) atoms. The van der Waals surface area contributed by atoms with Crippen molar-refractivity contribution in [1.29, 1.82) is 0 Å². The molecule has 1 unspecified atom stereocenters. The molecule has 1 aliphatic rings. The van der Waals surface area contributed by atoms with Gasteiger partial charge in [-0.05, 0) is 29.3 Å². The third-order valence-electron chi connectivity index (χ3n) is 5.30. The van der Waals surface area contributed by atoms with E-state index in [1.807, 2.05) is 46.0 Å². The van der Waals surface area contributed by atoms with E-state index in [-0.39, 0.29) is 11.7 Å². The van der Waals surface area contributed by atoms with Crippen LogP contribution in [-0.2, 0) is 29.2 Å². The minimum atomic E-state index is -0.902. The van der Waals surface area contributed by atoms with Crippen LogP contribution in [0, 0.1) is 0 Å². The van der Waals surface area contributed by atoms with Crippen molar-refractivity contribution in [2.45, 2.75) is 25.7 Å². The number of benzene rings is 2. The average Bonchev–Trinajstić information content (AvgIpc) is 3.21. The summed E-state index contributed by atoms with van der Waals surface area (Å²) in [5.41, 5.74) is 8.39. The van der Waals surface area contributed by atoms with E-state index < -0.39 is 6.04 Å². The molecule has 0 saturated carbocycles. The molecule has 1 aliphatic heterocycles. The van der Waals surface area contributed by atoms with E-state index in [4.69, 9.17) is 5.73 Å². The summed E-state index contributed by atoms with van der Waals surface area (Å²) in [5.74, 6) is 0.219. The summed E-state index contributed by atoms with van der Waals surface area (Å²) in [6.45, 7) is 2.00. The number of nitrogens with two attached hydrogens (primary N) is 1. The Bertz CT molecular complexity index is 1070. The Hall–Kier alpha value is -3.55. The molecule has 0 fully saturated rings. The van der Waals surface area contributed by atoms with Crippen molar-refractivity contribution >= 4 is 17.4 Å². The topological polar surface area (TPSA) is 93.2 Å². The lowest BCUT2D eigenvalue weighted by molar-refractivity contribution is -0.131. The lowest BCUT2D eigenvalue weighted by atomic mass is 10.1. The molecule has 2 aromatic carbocycles. The van der Waals surface area contributed by atoms with E-state index in [2.05, 4.69) is 22.4 Å². The van der Waals surface area contributed by atoms with Gasteiger partial charge >= 0.3 is 0 Å². The number of nitrogens with one attached hydrogen (secondary N) is 1. The van der Waals surface area contributed by atoms with Crippen LogP contribution in [0.1, 0.15) is 17.0 Å². The Labute approximate surface area is 181 Å². The first-order valence-electron chi connectivity index (χ1n) is 10.2. The maximum absolute atomic E-state index is 13.0. The van der Waals surface area contributed by atoms with Crippen LogP contribution in [0.5, 0.6) is 0 Å². The Morgan fingerprint density at radius 1 is 1.06 bits per heavy atom. The van der Waals surface area contributed by atoms with Gasteiger partial charge in [0, 0.05) is 37.7 Å². The van der Waals surface area contributed by atoms with Crippen molar-refractivity contribution in [3.05, 3.63) is 96.1 Å². The second-order valence-electron chi connectivity index (χ2n) is 7.48. The van der Waals surface area contributed by atoms with Crippen LogP contribution in [0.25, 0.3) is 0 Å². The number of carbonyl (C=O) groups is 2. The molecule has 0 spiro atoms. The van der Waals surface area contributed by atoms with Gasteiger partial charge in [0.2, 0.25) is 5.91 Å². The zero-order chi connectivity index (χ0) is 21.6. The molecule has 0 radical (unpaired) electrons. The molecule has 1 aromatic heterocycles. The van der Waals surface area contributed by atoms with E-state index >= 15 is 0 Å². The number of amides is 1. The fourth-order valence-corrected chi connectivity index (χ4v) is 3.66. The van der Waals surface area contributed by atoms with E-state index in [1.54, 1.807) is 24.4 Å². The molecule has 4 rings (SSSR count). The van der Waals surface area contributed by atoms with Crippen LogP contribution in [0.15, 0.2) is 79.1 Å². The molecule has 0 saturated heterocycles. The normalized spacial score (nSPS) is 16.4. The Balaban J connectivity index is 1.49. The van der Waals surface area contributed by atoms with Gasteiger partial charge in [-0.3, -0.25) is 14.5 Å². The molecular weight excluding hydrogens is 390 g/mol. The molecule has 3 N–H and O–H groups in total. The monoisotopic (exact) mass is 415 g/mol. The fourth-order valence-electron chi connectivity index (χ4n) is 3.66. The number of imidazole rings is 1. The summed E-state index contributed by atoms with van der Waals surface area (Å²) in [7, 11) is 0. The molecule has 2 heterocycles. The highest BCUT2D eigenvalue weighted by Crippen LogP contribution is 2.17. The summed E-state index contributed by atoms with van der Waals surface area (Å²) in [4.78, 5) is 31.9. The van der Waals surface area contributed by atoms with Crippen molar-refractivity contribution < 1.29 is 9.59 Å². The fraction of sp³-hybridized carbons (Fsp3) is 0.208. The summed E-state index contributed by atoms with van der Waals surface area (Å²) < 4.78 is 2.04. The van der Waals surface area contributed by atoms with Gasteiger partial charge < -0.3 is 15.6 Å². The minimum Gasteiger partial charge on any atom is -0.329 e. The van der Waals surface area contributed by atoms with Gasteiger partial charge in [-0.15, -0.1) is 0 Å². The van der Waals surface area contributed by atoms with Crippen LogP contribution in [0.4, 0.5) is 5.69 Å². The second kappa shape index (κ2) is 9.51. The van der Waals surface area contributed by atoms with E-state index in [0.29, 0.717) is 31.9 Å². The standard InChI is InChI=1S/C24H25N5O2/c25-15-18-8-10-20(11-9-18)27-24(31)23-21(30)7-4-13-29(23)17-22-26-12-14-28(22)16-19-5-2-1-3-6-19/h1-12,14,23H,13,15-17,25H2,(H,27,31). The first kappa shape index (κ1) is 20.7. The van der Waals surface area contributed by atoms with E-state index in [0.717, 1.165) is 17.0 Å². The first-order chi connectivity index (χ1) is 15.1. The van der Waals surface area contributed by atoms with Gasteiger partial charge in [0.05, 0.1) is 6.54 Å². The summed E-state index contributed by atoms with van der Waals surface area (Å²) in [6.07, 6.45) is 6.92. The third-order valence-corrected chi connectivity index (χ3v) is 5.30. The number of nitrogens with zero attached hydrogens (tertiary/aromatic N) is 3. The van der Waals surface area contributed by atoms with Gasteiger partial charge in [0.1, 0.15) is 5.82 Å². The predicted molar refractivity (Wildman–Crippen MR) is 119 cm³/mol. The zero-order valence-electron chi connectivity index (χ0n) is 17.1. The molecule has 7 nitrogen and oxygen atoms in total. The van der Waals surface area contributed by atoms with Gasteiger partial charge in [-0.25, -0.2) is 4.98 Å². The lowest BCUT2D eigenvalue weighted by Crippen LogP contribution is -2.50. The number of hydrogen-bond acceptors (Lipinski definition) is 5. The number of aromatic nitrogens is 2.